The van der Waals surface area contributed by atoms with Crippen LogP contribution in [-0.2, 0) is 4.79 Å². The van der Waals surface area contributed by atoms with E-state index in [-0.39, 0.29) is 17.1 Å². The van der Waals surface area contributed by atoms with Gasteiger partial charge in [0.25, 0.3) is 5.91 Å². The Morgan fingerprint density at radius 1 is 1.33 bits per heavy atom. The monoisotopic (exact) mass is 248 g/mol. The molecule has 0 saturated carbocycles. The first-order chi connectivity index (χ1) is 8.41. The number of Topliss-reactive ketones (excluding diaryl/α,β-unsaturated/α-hetero) is 1. The summed E-state index contributed by atoms with van der Waals surface area (Å²) < 4.78 is 0. The van der Waals surface area contributed by atoms with Crippen LogP contribution in [0.1, 0.15) is 44.0 Å². The van der Waals surface area contributed by atoms with E-state index in [1.807, 2.05) is 20.8 Å². The first-order valence-corrected chi connectivity index (χ1v) is 6.13. The lowest BCUT2D eigenvalue weighted by atomic mass is 9.88. The second-order valence-electron chi connectivity index (χ2n) is 5.27. The summed E-state index contributed by atoms with van der Waals surface area (Å²) in [6, 6.07) is 3.43. The number of nitrogens with one attached hydrogen (secondary N) is 1. The molecule has 0 aliphatic carbocycles. The van der Waals surface area contributed by atoms with Crippen LogP contribution in [0.3, 0.4) is 0 Å². The molecule has 1 heterocycles. The molecule has 0 aromatic carbocycles. The van der Waals surface area contributed by atoms with Crippen molar-refractivity contribution in [2.24, 2.45) is 5.41 Å². The average molecular weight is 248 g/mol. The third-order valence-corrected chi connectivity index (χ3v) is 2.63. The summed E-state index contributed by atoms with van der Waals surface area (Å²) >= 11 is 0. The van der Waals surface area contributed by atoms with Gasteiger partial charge in [0.05, 0.1) is 5.56 Å². The molecule has 98 valence electrons. The third-order valence-electron chi connectivity index (χ3n) is 2.63. The molecule has 0 spiro atoms. The van der Waals surface area contributed by atoms with Gasteiger partial charge in [-0.25, -0.2) is 0 Å². The number of aromatic nitrogens is 1. The van der Waals surface area contributed by atoms with Gasteiger partial charge in [-0.1, -0.05) is 20.8 Å². The first kappa shape index (κ1) is 14.4. The predicted octanol–water partition coefficient (Wildman–Crippen LogP) is 2.21. The average Bonchev–Trinajstić information content (AvgIpc) is 2.34. The summed E-state index contributed by atoms with van der Waals surface area (Å²) in [6.07, 6.45) is 4.31. The van der Waals surface area contributed by atoms with Crippen LogP contribution in [-0.4, -0.2) is 23.2 Å². The van der Waals surface area contributed by atoms with Gasteiger partial charge in [-0.3, -0.25) is 14.6 Å². The minimum atomic E-state index is -0.298. The van der Waals surface area contributed by atoms with Crippen molar-refractivity contribution in [3.63, 3.8) is 0 Å². The number of pyridine rings is 1. The second-order valence-corrected chi connectivity index (χ2v) is 5.27. The van der Waals surface area contributed by atoms with Gasteiger partial charge in [0.15, 0.2) is 0 Å². The van der Waals surface area contributed by atoms with E-state index in [1.165, 1.54) is 6.20 Å². The van der Waals surface area contributed by atoms with Crippen molar-refractivity contribution < 1.29 is 9.59 Å². The van der Waals surface area contributed by atoms with Crippen LogP contribution in [0, 0.1) is 5.41 Å². The smallest absolute Gasteiger partial charge is 0.252 e. The number of hydrogen-bond acceptors (Lipinski definition) is 3. The zero-order chi connectivity index (χ0) is 13.6. The number of ketones is 1. The van der Waals surface area contributed by atoms with E-state index in [0.29, 0.717) is 24.9 Å². The Morgan fingerprint density at radius 3 is 2.61 bits per heavy atom. The molecule has 0 atom stereocenters. The third kappa shape index (κ3) is 4.65. The van der Waals surface area contributed by atoms with Crippen LogP contribution in [0.15, 0.2) is 24.5 Å². The molecular formula is C14H20N2O2. The van der Waals surface area contributed by atoms with Gasteiger partial charge in [0, 0.05) is 30.8 Å². The maximum absolute atomic E-state index is 11.7. The molecule has 4 nitrogen and oxygen atoms in total. The van der Waals surface area contributed by atoms with Crippen molar-refractivity contribution in [2.45, 2.75) is 33.6 Å². The van der Waals surface area contributed by atoms with Crippen LogP contribution < -0.4 is 5.32 Å². The molecule has 4 heteroatoms. The summed E-state index contributed by atoms with van der Waals surface area (Å²) in [4.78, 5) is 27.2. The minimum absolute atomic E-state index is 0.147. The van der Waals surface area contributed by atoms with E-state index < -0.39 is 0 Å². The molecule has 0 fully saturated rings. The van der Waals surface area contributed by atoms with Crippen molar-refractivity contribution in [2.75, 3.05) is 6.54 Å². The molecule has 0 unspecified atom stereocenters. The highest BCUT2D eigenvalue weighted by Gasteiger charge is 2.20. The van der Waals surface area contributed by atoms with Crippen LogP contribution in [0.4, 0.5) is 0 Å². The van der Waals surface area contributed by atoms with Gasteiger partial charge >= 0.3 is 0 Å². The molecule has 0 saturated heterocycles. The zero-order valence-corrected chi connectivity index (χ0v) is 11.2. The summed E-state index contributed by atoms with van der Waals surface area (Å²) in [5, 5.41) is 2.77. The number of carbonyl (C=O) groups is 2. The van der Waals surface area contributed by atoms with Crippen LogP contribution in [0.2, 0.25) is 0 Å². The number of carbonyl (C=O) groups excluding carboxylic acids is 2. The Labute approximate surface area is 108 Å². The lowest BCUT2D eigenvalue weighted by Gasteiger charge is -2.16. The Balaban J connectivity index is 2.27. The topological polar surface area (TPSA) is 59.1 Å². The van der Waals surface area contributed by atoms with Crippen molar-refractivity contribution in [1.82, 2.24) is 10.3 Å². The van der Waals surface area contributed by atoms with Gasteiger partial charge in [-0.05, 0) is 18.6 Å². The molecule has 18 heavy (non-hydrogen) atoms. The highest BCUT2D eigenvalue weighted by atomic mass is 16.1. The maximum atomic E-state index is 11.7. The van der Waals surface area contributed by atoms with Crippen molar-refractivity contribution in [3.8, 4) is 0 Å². The van der Waals surface area contributed by atoms with Crippen LogP contribution >= 0.6 is 0 Å². The molecule has 1 aromatic rings. The molecule has 1 N–H and O–H groups in total. The zero-order valence-electron chi connectivity index (χ0n) is 11.2. The van der Waals surface area contributed by atoms with Crippen LogP contribution in [0.5, 0.6) is 0 Å². The summed E-state index contributed by atoms with van der Waals surface area (Å²) in [7, 11) is 0. The van der Waals surface area contributed by atoms with Gasteiger partial charge in [0.2, 0.25) is 0 Å². The second kappa shape index (κ2) is 6.28. The van der Waals surface area contributed by atoms with E-state index in [1.54, 1.807) is 18.3 Å². The standard InChI is InChI=1S/C14H20N2O2/c1-14(2,3)12(17)7-5-9-16-13(18)11-6-4-8-15-10-11/h4,6,8,10H,5,7,9H2,1-3H3,(H,16,18). The van der Waals surface area contributed by atoms with E-state index in [0.717, 1.165) is 0 Å². The SMILES string of the molecule is CC(C)(C)C(=O)CCCNC(=O)c1cccnc1. The minimum Gasteiger partial charge on any atom is -0.352 e. The molecule has 0 bridgehead atoms. The van der Waals surface area contributed by atoms with Gasteiger partial charge in [0.1, 0.15) is 5.78 Å². The number of hydrogen-bond donors (Lipinski definition) is 1. The van der Waals surface area contributed by atoms with E-state index in [4.69, 9.17) is 0 Å². The molecule has 0 radical (unpaired) electrons. The molecule has 0 aliphatic heterocycles. The highest BCUT2D eigenvalue weighted by Crippen LogP contribution is 2.17. The molecule has 0 aliphatic rings. The molecule has 1 amide bonds. The predicted molar refractivity (Wildman–Crippen MR) is 70.3 cm³/mol. The maximum Gasteiger partial charge on any atom is 0.252 e. The fourth-order valence-corrected chi connectivity index (χ4v) is 1.43. The van der Waals surface area contributed by atoms with E-state index >= 15 is 0 Å². The number of amides is 1. The van der Waals surface area contributed by atoms with Gasteiger partial charge < -0.3 is 5.32 Å². The summed E-state index contributed by atoms with van der Waals surface area (Å²) in [5.41, 5.74) is 0.243. The van der Waals surface area contributed by atoms with Crippen molar-refractivity contribution in [1.29, 1.82) is 0 Å². The van der Waals surface area contributed by atoms with Gasteiger partial charge in [-0.2, -0.15) is 0 Å². The lowest BCUT2D eigenvalue weighted by Crippen LogP contribution is -2.26. The molecule has 1 rings (SSSR count). The quantitative estimate of drug-likeness (QED) is 0.813. The Morgan fingerprint density at radius 2 is 2.06 bits per heavy atom. The first-order valence-electron chi connectivity index (χ1n) is 6.13. The normalized spacial score (nSPS) is 11.1. The van der Waals surface area contributed by atoms with Crippen molar-refractivity contribution in [3.05, 3.63) is 30.1 Å². The summed E-state index contributed by atoms with van der Waals surface area (Å²) in [5.74, 6) is 0.0736. The molecule has 1 aromatic heterocycles. The largest absolute Gasteiger partial charge is 0.352 e. The lowest BCUT2D eigenvalue weighted by molar-refractivity contribution is -0.126. The Hall–Kier alpha value is -1.71. The summed E-state index contributed by atoms with van der Waals surface area (Å²) in [6.45, 7) is 6.23. The fourth-order valence-electron chi connectivity index (χ4n) is 1.43. The molecular weight excluding hydrogens is 228 g/mol. The van der Waals surface area contributed by atoms with Gasteiger partial charge in [-0.15, -0.1) is 0 Å². The fraction of sp³-hybridized carbons (Fsp3) is 0.500. The Kier molecular flexibility index (Phi) is 5.01. The van der Waals surface area contributed by atoms with E-state index in [2.05, 4.69) is 10.3 Å². The van der Waals surface area contributed by atoms with Crippen molar-refractivity contribution >= 4 is 11.7 Å². The highest BCUT2D eigenvalue weighted by molar-refractivity contribution is 5.93. The van der Waals surface area contributed by atoms with E-state index in [9.17, 15) is 9.59 Å². The number of rotatable bonds is 5. The Bertz CT molecular complexity index is 408. The van der Waals surface area contributed by atoms with Crippen LogP contribution in [0.25, 0.3) is 0 Å². The number of nitrogens with zero attached hydrogens (tertiary/aromatic N) is 1.